The fourth-order valence-electron chi connectivity index (χ4n) is 1.39. The van der Waals surface area contributed by atoms with Crippen LogP contribution in [0.15, 0.2) is 12.1 Å². The van der Waals surface area contributed by atoms with Crippen LogP contribution in [0.2, 0.25) is 10.0 Å². The molecule has 1 rings (SSSR count). The van der Waals surface area contributed by atoms with Crippen molar-refractivity contribution in [3.63, 3.8) is 0 Å². The van der Waals surface area contributed by atoms with E-state index in [-0.39, 0.29) is 34.2 Å². The van der Waals surface area contributed by atoms with Gasteiger partial charge in [-0.1, -0.05) is 23.2 Å². The van der Waals surface area contributed by atoms with Crippen molar-refractivity contribution in [1.82, 2.24) is 0 Å². The molecule has 0 heterocycles. The minimum absolute atomic E-state index is 0.0338. The van der Waals surface area contributed by atoms with Gasteiger partial charge < -0.3 is 4.74 Å². The SMILES string of the molecule is COC(=O)CCCC(=O)c1cc(Cl)cc(F)c1Cl. The van der Waals surface area contributed by atoms with Crippen molar-refractivity contribution < 1.29 is 18.7 Å². The molecule has 3 nitrogen and oxygen atoms in total. The lowest BCUT2D eigenvalue weighted by molar-refractivity contribution is -0.140. The van der Waals surface area contributed by atoms with Gasteiger partial charge in [-0.15, -0.1) is 0 Å². The van der Waals surface area contributed by atoms with Crippen LogP contribution in [0, 0.1) is 5.82 Å². The van der Waals surface area contributed by atoms with E-state index >= 15 is 0 Å². The maximum absolute atomic E-state index is 13.3. The normalized spacial score (nSPS) is 10.2. The zero-order valence-corrected chi connectivity index (χ0v) is 11.1. The van der Waals surface area contributed by atoms with Crippen LogP contribution in [0.3, 0.4) is 0 Å². The lowest BCUT2D eigenvalue weighted by Gasteiger charge is -2.05. The number of hydrogen-bond acceptors (Lipinski definition) is 3. The van der Waals surface area contributed by atoms with Gasteiger partial charge in [0, 0.05) is 23.4 Å². The van der Waals surface area contributed by atoms with Gasteiger partial charge in [0.05, 0.1) is 12.1 Å². The van der Waals surface area contributed by atoms with Crippen molar-refractivity contribution in [2.75, 3.05) is 7.11 Å². The van der Waals surface area contributed by atoms with Crippen LogP contribution in [0.5, 0.6) is 0 Å². The minimum Gasteiger partial charge on any atom is -0.469 e. The summed E-state index contributed by atoms with van der Waals surface area (Å²) in [4.78, 5) is 22.6. The molecule has 0 fully saturated rings. The second-order valence-corrected chi connectivity index (χ2v) is 4.42. The van der Waals surface area contributed by atoms with Crippen molar-refractivity contribution in [2.24, 2.45) is 0 Å². The van der Waals surface area contributed by atoms with Crippen molar-refractivity contribution in [2.45, 2.75) is 19.3 Å². The number of carbonyl (C=O) groups is 2. The van der Waals surface area contributed by atoms with E-state index in [0.29, 0.717) is 6.42 Å². The molecule has 0 aliphatic carbocycles. The average Bonchev–Trinajstić information content (AvgIpc) is 2.33. The predicted octanol–water partition coefficient (Wildman–Crippen LogP) is 3.66. The Kier molecular flexibility index (Phi) is 5.56. The molecule has 6 heteroatoms. The van der Waals surface area contributed by atoms with Crippen molar-refractivity contribution in [3.05, 3.63) is 33.6 Å². The summed E-state index contributed by atoms with van der Waals surface area (Å²) in [6.45, 7) is 0. The smallest absolute Gasteiger partial charge is 0.305 e. The Morgan fingerprint density at radius 3 is 2.56 bits per heavy atom. The number of halogens is 3. The van der Waals surface area contributed by atoms with E-state index in [1.165, 1.54) is 13.2 Å². The fraction of sp³-hybridized carbons (Fsp3) is 0.333. The molecular formula is C12H11Cl2FO3. The third kappa shape index (κ3) is 3.96. The summed E-state index contributed by atoms with van der Waals surface area (Å²) in [5.74, 6) is -1.49. The first kappa shape index (κ1) is 14.9. The molecule has 0 N–H and O–H groups in total. The maximum Gasteiger partial charge on any atom is 0.305 e. The van der Waals surface area contributed by atoms with Gasteiger partial charge in [0.15, 0.2) is 5.78 Å². The number of ketones is 1. The van der Waals surface area contributed by atoms with Gasteiger partial charge >= 0.3 is 5.97 Å². The highest BCUT2D eigenvalue weighted by Crippen LogP contribution is 2.26. The van der Waals surface area contributed by atoms with Crippen LogP contribution >= 0.6 is 23.2 Å². The number of methoxy groups -OCH3 is 1. The Morgan fingerprint density at radius 1 is 1.28 bits per heavy atom. The predicted molar refractivity (Wildman–Crippen MR) is 66.6 cm³/mol. The first-order valence-electron chi connectivity index (χ1n) is 5.20. The van der Waals surface area contributed by atoms with E-state index in [1.54, 1.807) is 0 Å². The molecule has 0 bridgehead atoms. The maximum atomic E-state index is 13.3. The molecule has 0 amide bonds. The summed E-state index contributed by atoms with van der Waals surface area (Å²) in [6.07, 6.45) is 0.521. The quantitative estimate of drug-likeness (QED) is 0.473. The zero-order chi connectivity index (χ0) is 13.7. The van der Waals surface area contributed by atoms with Crippen LogP contribution < -0.4 is 0 Å². The van der Waals surface area contributed by atoms with E-state index in [0.717, 1.165) is 6.07 Å². The van der Waals surface area contributed by atoms with Gasteiger partial charge in [-0.25, -0.2) is 4.39 Å². The number of hydrogen-bond donors (Lipinski definition) is 0. The second kappa shape index (κ2) is 6.71. The highest BCUT2D eigenvalue weighted by Gasteiger charge is 2.15. The van der Waals surface area contributed by atoms with Gasteiger partial charge in [-0.3, -0.25) is 9.59 Å². The minimum atomic E-state index is -0.736. The summed E-state index contributed by atoms with van der Waals surface area (Å²) in [7, 11) is 1.27. The van der Waals surface area contributed by atoms with Crippen LogP contribution in [-0.2, 0) is 9.53 Å². The molecule has 0 saturated heterocycles. The Labute approximate surface area is 114 Å². The molecule has 0 atom stereocenters. The average molecular weight is 293 g/mol. The molecule has 18 heavy (non-hydrogen) atoms. The monoisotopic (exact) mass is 292 g/mol. The molecule has 0 aliphatic rings. The molecular weight excluding hydrogens is 282 g/mol. The molecule has 98 valence electrons. The van der Waals surface area contributed by atoms with E-state index in [9.17, 15) is 14.0 Å². The fourth-order valence-corrected chi connectivity index (χ4v) is 1.81. The number of carbonyl (C=O) groups excluding carboxylic acids is 2. The highest BCUT2D eigenvalue weighted by molar-refractivity contribution is 6.36. The third-order valence-electron chi connectivity index (χ3n) is 2.31. The number of Topliss-reactive ketones (excluding diaryl/α,β-unsaturated/α-hetero) is 1. The van der Waals surface area contributed by atoms with Crippen molar-refractivity contribution in [1.29, 1.82) is 0 Å². The van der Waals surface area contributed by atoms with Crippen LogP contribution in [0.1, 0.15) is 29.6 Å². The summed E-state index contributed by atoms with van der Waals surface area (Å²) in [5.41, 5.74) is 0.0338. The molecule has 0 radical (unpaired) electrons. The summed E-state index contributed by atoms with van der Waals surface area (Å²) >= 11 is 11.3. The van der Waals surface area contributed by atoms with E-state index in [1.807, 2.05) is 0 Å². The lowest BCUT2D eigenvalue weighted by atomic mass is 10.1. The largest absolute Gasteiger partial charge is 0.469 e. The first-order chi connectivity index (χ1) is 8.45. The third-order valence-corrected chi connectivity index (χ3v) is 2.91. The summed E-state index contributed by atoms with van der Waals surface area (Å²) in [5, 5.41) is -0.143. The van der Waals surface area contributed by atoms with Gasteiger partial charge in [0.2, 0.25) is 0 Å². The first-order valence-corrected chi connectivity index (χ1v) is 5.96. The molecule has 0 saturated carbocycles. The molecule has 0 unspecified atom stereocenters. The molecule has 1 aromatic rings. The number of benzene rings is 1. The van der Waals surface area contributed by atoms with Gasteiger partial charge in [0.1, 0.15) is 5.82 Å². The standard InChI is InChI=1S/C12H11Cl2FO3/c1-18-11(17)4-2-3-10(16)8-5-7(13)6-9(15)12(8)14/h5-6H,2-4H2,1H3. The molecule has 1 aromatic carbocycles. The Bertz CT molecular complexity index is 475. The Morgan fingerprint density at radius 2 is 1.94 bits per heavy atom. The van der Waals surface area contributed by atoms with Gasteiger partial charge in [-0.2, -0.15) is 0 Å². The number of esters is 1. The van der Waals surface area contributed by atoms with Gasteiger partial charge in [0.25, 0.3) is 0 Å². The summed E-state index contributed by atoms with van der Waals surface area (Å²) < 4.78 is 17.7. The highest BCUT2D eigenvalue weighted by atomic mass is 35.5. The van der Waals surface area contributed by atoms with E-state index in [2.05, 4.69) is 4.74 Å². The van der Waals surface area contributed by atoms with Gasteiger partial charge in [-0.05, 0) is 18.6 Å². The number of ether oxygens (including phenoxy) is 1. The van der Waals surface area contributed by atoms with Crippen molar-refractivity contribution >= 4 is 35.0 Å². The topological polar surface area (TPSA) is 43.4 Å². The zero-order valence-electron chi connectivity index (χ0n) is 9.63. The van der Waals surface area contributed by atoms with E-state index in [4.69, 9.17) is 23.2 Å². The molecule has 0 spiro atoms. The van der Waals surface area contributed by atoms with Crippen molar-refractivity contribution in [3.8, 4) is 0 Å². The molecule has 0 aliphatic heterocycles. The van der Waals surface area contributed by atoms with Crippen LogP contribution in [0.4, 0.5) is 4.39 Å². The van der Waals surface area contributed by atoms with Crippen LogP contribution in [0.25, 0.3) is 0 Å². The molecule has 0 aromatic heterocycles. The second-order valence-electron chi connectivity index (χ2n) is 3.60. The Hall–Kier alpha value is -1.13. The van der Waals surface area contributed by atoms with Crippen LogP contribution in [-0.4, -0.2) is 18.9 Å². The lowest BCUT2D eigenvalue weighted by Crippen LogP contribution is -2.05. The summed E-state index contributed by atoms with van der Waals surface area (Å²) in [6, 6.07) is 2.35. The Balaban J connectivity index is 2.70. The van der Waals surface area contributed by atoms with E-state index < -0.39 is 11.8 Å². The number of rotatable bonds is 5.